The van der Waals surface area contributed by atoms with Crippen LogP contribution in [0.2, 0.25) is 0 Å². The highest BCUT2D eigenvalue weighted by Gasteiger charge is 2.52. The van der Waals surface area contributed by atoms with E-state index in [-0.39, 0.29) is 5.54 Å². The van der Waals surface area contributed by atoms with E-state index in [0.29, 0.717) is 5.92 Å². The molecule has 2 heteroatoms. The molecule has 2 N–H and O–H groups in total. The number of halogens is 1. The van der Waals surface area contributed by atoms with E-state index in [4.69, 9.17) is 5.73 Å². The SMILES string of the molecule is N[C@@]1(c2ccc3ccccc3c2)C[C@@H]1c1ccc(Br)cc1. The number of nitrogens with two attached hydrogens (primary N) is 1. The zero-order valence-corrected chi connectivity index (χ0v) is 13.2. The van der Waals surface area contributed by atoms with Crippen LogP contribution in [0.3, 0.4) is 0 Å². The Morgan fingerprint density at radius 3 is 2.38 bits per heavy atom. The van der Waals surface area contributed by atoms with Crippen LogP contribution < -0.4 is 5.73 Å². The fraction of sp³-hybridized carbons (Fsp3) is 0.158. The third-order valence-electron chi connectivity index (χ3n) is 4.56. The molecule has 104 valence electrons. The van der Waals surface area contributed by atoms with Gasteiger partial charge in [-0.2, -0.15) is 0 Å². The molecule has 1 fully saturated rings. The molecule has 0 aromatic heterocycles. The monoisotopic (exact) mass is 337 g/mol. The van der Waals surface area contributed by atoms with E-state index in [0.717, 1.165) is 10.9 Å². The molecule has 4 rings (SSSR count). The van der Waals surface area contributed by atoms with Gasteiger partial charge in [0.2, 0.25) is 0 Å². The fourth-order valence-electron chi connectivity index (χ4n) is 3.19. The van der Waals surface area contributed by atoms with Crippen molar-refractivity contribution >= 4 is 26.7 Å². The molecule has 0 saturated heterocycles. The molecule has 1 saturated carbocycles. The van der Waals surface area contributed by atoms with Gasteiger partial charge in [-0.05, 0) is 46.5 Å². The quantitative estimate of drug-likeness (QED) is 0.703. The molecule has 1 aliphatic rings. The first-order chi connectivity index (χ1) is 10.2. The molecule has 1 aliphatic carbocycles. The first kappa shape index (κ1) is 13.1. The van der Waals surface area contributed by atoms with Crippen molar-refractivity contribution in [2.45, 2.75) is 17.9 Å². The average molecular weight is 338 g/mol. The minimum atomic E-state index is -0.210. The van der Waals surface area contributed by atoms with Crippen LogP contribution in [-0.4, -0.2) is 0 Å². The van der Waals surface area contributed by atoms with E-state index in [1.165, 1.54) is 21.9 Å². The summed E-state index contributed by atoms with van der Waals surface area (Å²) in [5.74, 6) is 0.423. The largest absolute Gasteiger partial charge is 0.321 e. The summed E-state index contributed by atoms with van der Waals surface area (Å²) >= 11 is 3.48. The van der Waals surface area contributed by atoms with Crippen molar-refractivity contribution in [3.05, 3.63) is 82.3 Å². The van der Waals surface area contributed by atoms with Gasteiger partial charge in [0, 0.05) is 15.9 Å². The Bertz CT molecular complexity index is 809. The first-order valence-electron chi connectivity index (χ1n) is 7.20. The molecule has 21 heavy (non-hydrogen) atoms. The maximum absolute atomic E-state index is 6.66. The number of rotatable bonds is 2. The van der Waals surface area contributed by atoms with Crippen LogP contribution in [0.1, 0.15) is 23.5 Å². The Hall–Kier alpha value is -1.64. The van der Waals surface area contributed by atoms with Crippen LogP contribution in [-0.2, 0) is 5.54 Å². The fourth-order valence-corrected chi connectivity index (χ4v) is 3.45. The van der Waals surface area contributed by atoms with E-state index in [2.05, 4.69) is 82.7 Å². The Balaban J connectivity index is 1.70. The summed E-state index contributed by atoms with van der Waals surface area (Å²) in [6.07, 6.45) is 1.02. The first-order valence-corrected chi connectivity index (χ1v) is 8.00. The highest BCUT2D eigenvalue weighted by atomic mass is 79.9. The average Bonchev–Trinajstić information content (AvgIpc) is 3.21. The van der Waals surface area contributed by atoms with Crippen LogP contribution in [0, 0.1) is 0 Å². The molecule has 3 aromatic carbocycles. The lowest BCUT2D eigenvalue weighted by Gasteiger charge is -2.13. The summed E-state index contributed by atoms with van der Waals surface area (Å²) in [6.45, 7) is 0. The van der Waals surface area contributed by atoms with Gasteiger partial charge in [0.05, 0.1) is 0 Å². The molecule has 0 amide bonds. The van der Waals surface area contributed by atoms with Gasteiger partial charge in [-0.3, -0.25) is 0 Å². The molecule has 2 atom stereocenters. The van der Waals surface area contributed by atoms with Crippen LogP contribution in [0.25, 0.3) is 10.8 Å². The van der Waals surface area contributed by atoms with Gasteiger partial charge in [0.15, 0.2) is 0 Å². The zero-order valence-electron chi connectivity index (χ0n) is 11.6. The molecule has 0 radical (unpaired) electrons. The molecule has 0 aliphatic heterocycles. The summed E-state index contributed by atoms with van der Waals surface area (Å²) in [6, 6.07) is 23.6. The van der Waals surface area contributed by atoms with E-state index in [9.17, 15) is 0 Å². The van der Waals surface area contributed by atoms with Crippen LogP contribution >= 0.6 is 15.9 Å². The second kappa shape index (κ2) is 4.69. The van der Waals surface area contributed by atoms with Crippen LogP contribution in [0.4, 0.5) is 0 Å². The van der Waals surface area contributed by atoms with E-state index in [1.807, 2.05) is 0 Å². The lowest BCUT2D eigenvalue weighted by atomic mass is 9.97. The number of hydrogen-bond donors (Lipinski definition) is 1. The van der Waals surface area contributed by atoms with Gasteiger partial charge >= 0.3 is 0 Å². The molecule has 0 unspecified atom stereocenters. The van der Waals surface area contributed by atoms with Crippen molar-refractivity contribution in [1.82, 2.24) is 0 Å². The molecule has 0 spiro atoms. The van der Waals surface area contributed by atoms with Gasteiger partial charge in [-0.15, -0.1) is 0 Å². The Morgan fingerprint density at radius 2 is 1.62 bits per heavy atom. The highest BCUT2D eigenvalue weighted by Crippen LogP contribution is 2.56. The number of benzene rings is 3. The number of hydrogen-bond acceptors (Lipinski definition) is 1. The Kier molecular flexibility index (Phi) is 2.91. The van der Waals surface area contributed by atoms with Crippen molar-refractivity contribution < 1.29 is 0 Å². The highest BCUT2D eigenvalue weighted by molar-refractivity contribution is 9.10. The summed E-state index contributed by atoms with van der Waals surface area (Å²) < 4.78 is 1.11. The lowest BCUT2D eigenvalue weighted by Crippen LogP contribution is -2.21. The van der Waals surface area contributed by atoms with E-state index in [1.54, 1.807) is 0 Å². The van der Waals surface area contributed by atoms with Crippen molar-refractivity contribution in [2.24, 2.45) is 5.73 Å². The predicted molar refractivity (Wildman–Crippen MR) is 91.3 cm³/mol. The molecular formula is C19H16BrN. The van der Waals surface area contributed by atoms with Gasteiger partial charge in [-0.1, -0.05) is 64.5 Å². The molecular weight excluding hydrogens is 322 g/mol. The van der Waals surface area contributed by atoms with Gasteiger partial charge in [-0.25, -0.2) is 0 Å². The third-order valence-corrected chi connectivity index (χ3v) is 5.09. The summed E-state index contributed by atoms with van der Waals surface area (Å²) in [4.78, 5) is 0. The van der Waals surface area contributed by atoms with Gasteiger partial charge < -0.3 is 5.73 Å². The van der Waals surface area contributed by atoms with Crippen LogP contribution in [0.15, 0.2) is 71.2 Å². The molecule has 0 heterocycles. The lowest BCUT2D eigenvalue weighted by molar-refractivity contribution is 0.707. The number of fused-ring (bicyclic) bond motifs is 1. The summed E-state index contributed by atoms with van der Waals surface area (Å²) in [5.41, 5.74) is 9.02. The summed E-state index contributed by atoms with van der Waals surface area (Å²) in [5, 5.41) is 2.53. The minimum Gasteiger partial charge on any atom is -0.321 e. The molecule has 3 aromatic rings. The standard InChI is InChI=1S/C19H16BrN/c20-17-9-6-14(7-10-17)18-12-19(18,21)16-8-5-13-3-1-2-4-15(13)11-16/h1-11,18H,12,21H2/t18-,19-/m1/s1. The normalized spacial score (nSPS) is 24.2. The maximum Gasteiger partial charge on any atom is 0.0486 e. The molecule has 1 nitrogen and oxygen atoms in total. The molecule has 0 bridgehead atoms. The minimum absolute atomic E-state index is 0.210. The van der Waals surface area contributed by atoms with E-state index < -0.39 is 0 Å². The zero-order chi connectivity index (χ0) is 14.4. The topological polar surface area (TPSA) is 26.0 Å². The van der Waals surface area contributed by atoms with Crippen LogP contribution in [0.5, 0.6) is 0 Å². The van der Waals surface area contributed by atoms with Crippen molar-refractivity contribution in [1.29, 1.82) is 0 Å². The maximum atomic E-state index is 6.66. The third kappa shape index (κ3) is 2.19. The predicted octanol–water partition coefficient (Wildman–Crippen LogP) is 4.94. The summed E-state index contributed by atoms with van der Waals surface area (Å²) in [7, 11) is 0. The van der Waals surface area contributed by atoms with E-state index >= 15 is 0 Å². The van der Waals surface area contributed by atoms with Gasteiger partial charge in [0.25, 0.3) is 0 Å². The van der Waals surface area contributed by atoms with Crippen molar-refractivity contribution in [2.75, 3.05) is 0 Å². The smallest absolute Gasteiger partial charge is 0.0486 e. The second-order valence-electron chi connectivity index (χ2n) is 5.91. The van der Waals surface area contributed by atoms with Crippen molar-refractivity contribution in [3.8, 4) is 0 Å². The Labute approximate surface area is 132 Å². The second-order valence-corrected chi connectivity index (χ2v) is 6.83. The van der Waals surface area contributed by atoms with Crippen molar-refractivity contribution in [3.63, 3.8) is 0 Å². The van der Waals surface area contributed by atoms with Gasteiger partial charge in [0.1, 0.15) is 0 Å². The Morgan fingerprint density at radius 1 is 0.905 bits per heavy atom.